The monoisotopic (exact) mass is 234 g/mol. The van der Waals surface area contributed by atoms with Crippen LogP contribution in [0.25, 0.3) is 10.2 Å². The number of rotatable bonds is 2. The zero-order chi connectivity index (χ0) is 11.9. The summed E-state index contributed by atoms with van der Waals surface area (Å²) in [6, 6.07) is 0. The van der Waals surface area contributed by atoms with Crippen molar-refractivity contribution in [1.82, 2.24) is 9.97 Å². The van der Waals surface area contributed by atoms with Gasteiger partial charge in [0.2, 0.25) is 0 Å². The first kappa shape index (κ1) is 11.5. The fourth-order valence-electron chi connectivity index (χ4n) is 1.86. The number of nitrogens with zero attached hydrogens (tertiary/aromatic N) is 2. The van der Waals surface area contributed by atoms with Crippen molar-refractivity contribution in [2.75, 3.05) is 0 Å². The molecule has 2 aromatic rings. The van der Waals surface area contributed by atoms with Crippen molar-refractivity contribution in [2.24, 2.45) is 0 Å². The van der Waals surface area contributed by atoms with Gasteiger partial charge in [0.05, 0.1) is 0 Å². The fourth-order valence-corrected chi connectivity index (χ4v) is 3.02. The van der Waals surface area contributed by atoms with Crippen LogP contribution in [0.15, 0.2) is 6.20 Å². The number of thiophene rings is 1. The van der Waals surface area contributed by atoms with Gasteiger partial charge < -0.3 is 0 Å². The lowest BCUT2D eigenvalue weighted by atomic mass is 10.1. The normalized spacial score (nSPS) is 11.9. The second-order valence-electron chi connectivity index (χ2n) is 4.85. The Morgan fingerprint density at radius 1 is 1.12 bits per heavy atom. The van der Waals surface area contributed by atoms with Gasteiger partial charge in [-0.2, -0.15) is 0 Å². The van der Waals surface area contributed by atoms with Crippen molar-refractivity contribution in [2.45, 2.75) is 46.5 Å². The van der Waals surface area contributed by atoms with Crippen molar-refractivity contribution in [1.29, 1.82) is 0 Å². The Labute approximate surface area is 101 Å². The van der Waals surface area contributed by atoms with Gasteiger partial charge in [-0.3, -0.25) is 0 Å². The first-order chi connectivity index (χ1) is 7.50. The van der Waals surface area contributed by atoms with E-state index in [2.05, 4.69) is 44.6 Å². The van der Waals surface area contributed by atoms with Crippen LogP contribution in [0.4, 0.5) is 0 Å². The van der Waals surface area contributed by atoms with Gasteiger partial charge in [0.1, 0.15) is 10.7 Å². The summed E-state index contributed by atoms with van der Waals surface area (Å²) in [5.41, 5.74) is 1.35. The van der Waals surface area contributed by atoms with Crippen molar-refractivity contribution in [3.63, 3.8) is 0 Å². The summed E-state index contributed by atoms with van der Waals surface area (Å²) >= 11 is 1.81. The molecule has 2 rings (SSSR count). The Balaban J connectivity index is 2.63. The highest BCUT2D eigenvalue weighted by Crippen LogP contribution is 2.34. The number of fused-ring (bicyclic) bond motifs is 1. The lowest BCUT2D eigenvalue weighted by Gasteiger charge is -2.02. The molecule has 16 heavy (non-hydrogen) atoms. The summed E-state index contributed by atoms with van der Waals surface area (Å²) in [7, 11) is 0. The fraction of sp³-hybridized carbons (Fsp3) is 0.538. The smallest absolute Gasteiger partial charge is 0.132 e. The molecule has 0 aliphatic carbocycles. The van der Waals surface area contributed by atoms with E-state index in [-0.39, 0.29) is 0 Å². The molecule has 0 saturated carbocycles. The van der Waals surface area contributed by atoms with Gasteiger partial charge in [-0.05, 0) is 18.4 Å². The van der Waals surface area contributed by atoms with Gasteiger partial charge in [0, 0.05) is 22.4 Å². The summed E-state index contributed by atoms with van der Waals surface area (Å²) < 4.78 is 0. The van der Waals surface area contributed by atoms with E-state index in [4.69, 9.17) is 0 Å². The Kier molecular flexibility index (Phi) is 2.98. The van der Waals surface area contributed by atoms with Crippen molar-refractivity contribution in [3.8, 4) is 0 Å². The topological polar surface area (TPSA) is 25.8 Å². The number of hydrogen-bond acceptors (Lipinski definition) is 3. The van der Waals surface area contributed by atoms with Crippen LogP contribution < -0.4 is 0 Å². The van der Waals surface area contributed by atoms with Gasteiger partial charge in [-0.15, -0.1) is 11.3 Å². The molecular formula is C13H18N2S. The van der Waals surface area contributed by atoms with Crippen LogP contribution in [-0.4, -0.2) is 9.97 Å². The van der Waals surface area contributed by atoms with Crippen molar-refractivity contribution < 1.29 is 0 Å². The van der Waals surface area contributed by atoms with E-state index in [0.29, 0.717) is 11.8 Å². The zero-order valence-electron chi connectivity index (χ0n) is 10.5. The van der Waals surface area contributed by atoms with Gasteiger partial charge in [0.15, 0.2) is 0 Å². The van der Waals surface area contributed by atoms with Crippen molar-refractivity contribution in [3.05, 3.63) is 22.5 Å². The molecule has 0 fully saturated rings. The van der Waals surface area contributed by atoms with Gasteiger partial charge in [-0.1, -0.05) is 27.7 Å². The van der Waals surface area contributed by atoms with E-state index in [9.17, 15) is 0 Å². The average Bonchev–Trinajstić information content (AvgIpc) is 2.55. The molecule has 2 nitrogen and oxygen atoms in total. The second-order valence-corrected chi connectivity index (χ2v) is 5.88. The lowest BCUT2D eigenvalue weighted by Crippen LogP contribution is -1.95. The Morgan fingerprint density at radius 3 is 2.38 bits per heavy atom. The molecular weight excluding hydrogens is 216 g/mol. The van der Waals surface area contributed by atoms with Crippen LogP contribution in [0.3, 0.4) is 0 Å². The maximum Gasteiger partial charge on any atom is 0.132 e. The van der Waals surface area contributed by atoms with E-state index >= 15 is 0 Å². The molecule has 0 bridgehead atoms. The van der Waals surface area contributed by atoms with Gasteiger partial charge in [0.25, 0.3) is 0 Å². The van der Waals surface area contributed by atoms with Crippen LogP contribution in [-0.2, 0) is 0 Å². The number of aryl methyl sites for hydroxylation is 1. The second kappa shape index (κ2) is 4.13. The minimum absolute atomic E-state index is 0.398. The summed E-state index contributed by atoms with van der Waals surface area (Å²) in [6.07, 6.45) is 1.98. The largest absolute Gasteiger partial charge is 0.240 e. The number of hydrogen-bond donors (Lipinski definition) is 0. The molecule has 3 heteroatoms. The molecule has 2 aromatic heterocycles. The van der Waals surface area contributed by atoms with E-state index in [1.165, 1.54) is 15.8 Å². The minimum atomic E-state index is 0.398. The van der Waals surface area contributed by atoms with E-state index in [0.717, 1.165) is 10.7 Å². The molecule has 0 aliphatic heterocycles. The van der Waals surface area contributed by atoms with Crippen LogP contribution >= 0.6 is 11.3 Å². The number of aromatic nitrogens is 2. The highest BCUT2D eigenvalue weighted by molar-refractivity contribution is 7.18. The Bertz CT molecular complexity index is 512. The summed E-state index contributed by atoms with van der Waals surface area (Å²) in [4.78, 5) is 11.7. The summed E-state index contributed by atoms with van der Waals surface area (Å²) in [6.45, 7) is 10.9. The minimum Gasteiger partial charge on any atom is -0.240 e. The highest BCUT2D eigenvalue weighted by atomic mass is 32.1. The Morgan fingerprint density at radius 2 is 1.81 bits per heavy atom. The predicted octanol–water partition coefficient (Wildman–Crippen LogP) is 4.25. The SMILES string of the molecule is Cc1c(C(C)C)sc2nc(C(C)C)ncc12. The standard InChI is InChI=1S/C13H18N2S/c1-7(2)11-9(5)10-6-14-12(8(3)4)15-13(10)16-11/h6-8H,1-5H3. The maximum absolute atomic E-state index is 4.65. The van der Waals surface area contributed by atoms with Gasteiger partial charge >= 0.3 is 0 Å². The van der Waals surface area contributed by atoms with E-state index in [1.54, 1.807) is 0 Å². The van der Waals surface area contributed by atoms with Crippen molar-refractivity contribution >= 4 is 21.6 Å². The summed E-state index contributed by atoms with van der Waals surface area (Å²) in [5.74, 6) is 1.92. The lowest BCUT2D eigenvalue weighted by molar-refractivity contribution is 0.784. The first-order valence-corrected chi connectivity index (χ1v) is 6.58. The molecule has 0 spiro atoms. The van der Waals surface area contributed by atoms with Crippen LogP contribution in [0.5, 0.6) is 0 Å². The van der Waals surface area contributed by atoms with Crippen LogP contribution in [0.1, 0.15) is 55.8 Å². The Hall–Kier alpha value is -0.960. The molecule has 0 radical (unpaired) electrons. The zero-order valence-corrected chi connectivity index (χ0v) is 11.4. The molecule has 86 valence electrons. The van der Waals surface area contributed by atoms with Gasteiger partial charge in [-0.25, -0.2) is 9.97 Å². The molecule has 0 saturated heterocycles. The molecule has 0 aromatic carbocycles. The maximum atomic E-state index is 4.65. The first-order valence-electron chi connectivity index (χ1n) is 5.76. The highest BCUT2D eigenvalue weighted by Gasteiger charge is 2.14. The third-order valence-corrected chi connectivity index (χ3v) is 4.30. The van der Waals surface area contributed by atoms with Crippen LogP contribution in [0, 0.1) is 6.92 Å². The molecule has 2 heterocycles. The third kappa shape index (κ3) is 1.84. The molecule has 0 unspecified atom stereocenters. The molecule has 0 amide bonds. The average molecular weight is 234 g/mol. The van der Waals surface area contributed by atoms with E-state index in [1.807, 2.05) is 17.5 Å². The third-order valence-electron chi connectivity index (χ3n) is 2.79. The predicted molar refractivity (Wildman–Crippen MR) is 70.3 cm³/mol. The summed E-state index contributed by atoms with van der Waals surface area (Å²) in [5, 5.41) is 1.22. The molecule has 0 N–H and O–H groups in total. The quantitative estimate of drug-likeness (QED) is 0.776. The molecule has 0 atom stereocenters. The van der Waals surface area contributed by atoms with E-state index < -0.39 is 0 Å². The van der Waals surface area contributed by atoms with Crippen LogP contribution in [0.2, 0.25) is 0 Å². The molecule has 0 aliphatic rings.